The molecule has 4 rings (SSSR count). The lowest BCUT2D eigenvalue weighted by atomic mass is 10.2. The number of anilines is 1. The topological polar surface area (TPSA) is 114 Å². The zero-order valence-electron chi connectivity index (χ0n) is 24.5. The van der Waals surface area contributed by atoms with Gasteiger partial charge in [-0.3, -0.25) is 13.9 Å². The number of nitrogens with zero attached hydrogens (tertiary/aromatic N) is 4. The van der Waals surface area contributed by atoms with Gasteiger partial charge in [0.05, 0.1) is 16.1 Å². The monoisotopic (exact) mass is 645 g/mol. The van der Waals surface area contributed by atoms with Crippen LogP contribution in [0.5, 0.6) is 0 Å². The van der Waals surface area contributed by atoms with Crippen LogP contribution in [0, 0.1) is 0 Å². The van der Waals surface area contributed by atoms with Gasteiger partial charge in [-0.1, -0.05) is 29.3 Å². The summed E-state index contributed by atoms with van der Waals surface area (Å²) in [4.78, 5) is 31.8. The van der Waals surface area contributed by atoms with Gasteiger partial charge in [-0.05, 0) is 89.5 Å². The van der Waals surface area contributed by atoms with Crippen LogP contribution < -0.4 is 9.62 Å². The van der Waals surface area contributed by atoms with Crippen molar-refractivity contribution >= 4 is 61.7 Å². The van der Waals surface area contributed by atoms with E-state index in [2.05, 4.69) is 10.3 Å². The molecule has 13 heteroatoms. The van der Waals surface area contributed by atoms with Gasteiger partial charge in [0.25, 0.3) is 15.9 Å². The summed E-state index contributed by atoms with van der Waals surface area (Å²) in [5, 5.41) is 3.80. The molecule has 2 aromatic heterocycles. The second-order valence-corrected chi connectivity index (χ2v) is 13.8. The average molecular weight is 647 g/mol. The number of nitrogens with one attached hydrogen (secondary N) is 1. The van der Waals surface area contributed by atoms with Crippen molar-refractivity contribution in [3.63, 3.8) is 0 Å². The summed E-state index contributed by atoms with van der Waals surface area (Å²) < 4.78 is 35.9. The third-order valence-electron chi connectivity index (χ3n) is 6.14. The van der Waals surface area contributed by atoms with Crippen LogP contribution in [0.15, 0.2) is 71.8 Å². The highest BCUT2D eigenvalue weighted by Crippen LogP contribution is 2.31. The molecule has 0 saturated carbocycles. The summed E-state index contributed by atoms with van der Waals surface area (Å²) in [6.07, 6.45) is 1.77. The van der Waals surface area contributed by atoms with E-state index in [-0.39, 0.29) is 32.2 Å². The number of aromatic nitrogens is 2. The van der Waals surface area contributed by atoms with E-state index in [1.807, 2.05) is 19.0 Å². The summed E-state index contributed by atoms with van der Waals surface area (Å²) in [6, 6.07) is 15.9. The third-order valence-corrected chi connectivity index (χ3v) is 8.33. The normalized spacial score (nSPS) is 12.0. The van der Waals surface area contributed by atoms with Gasteiger partial charge in [0, 0.05) is 34.7 Å². The Morgan fingerprint density at radius 1 is 1.00 bits per heavy atom. The Bertz CT molecular complexity index is 1750. The number of pyridine rings is 1. The van der Waals surface area contributed by atoms with Crippen molar-refractivity contribution in [2.75, 3.05) is 38.0 Å². The highest BCUT2D eigenvalue weighted by atomic mass is 35.5. The minimum absolute atomic E-state index is 0.136. The van der Waals surface area contributed by atoms with Crippen molar-refractivity contribution in [2.45, 2.75) is 31.3 Å². The molecule has 0 fully saturated rings. The van der Waals surface area contributed by atoms with Gasteiger partial charge in [-0.15, -0.1) is 0 Å². The Morgan fingerprint density at radius 3 is 2.35 bits per heavy atom. The van der Waals surface area contributed by atoms with Crippen molar-refractivity contribution in [3.8, 4) is 5.82 Å². The molecule has 0 aliphatic heterocycles. The molecular weight excluding hydrogens is 613 g/mol. The van der Waals surface area contributed by atoms with Gasteiger partial charge < -0.3 is 19.5 Å². The van der Waals surface area contributed by atoms with Crippen LogP contribution in [-0.4, -0.2) is 74.1 Å². The minimum atomic E-state index is -4.30. The number of likely N-dealkylation sites (N-methyl/N-ethyl adjacent to an activating group) is 1. The number of fused-ring (bicyclic) bond motifs is 1. The maximum Gasteiger partial charge on any atom is 0.327 e. The summed E-state index contributed by atoms with van der Waals surface area (Å²) in [5.74, 6) is -0.506. The third kappa shape index (κ3) is 8.05. The van der Waals surface area contributed by atoms with E-state index in [0.29, 0.717) is 29.8 Å². The van der Waals surface area contributed by atoms with Crippen molar-refractivity contribution < 1.29 is 22.7 Å². The molecule has 1 N–H and O–H groups in total. The first-order chi connectivity index (χ1) is 20.1. The fourth-order valence-electron chi connectivity index (χ4n) is 4.26. The molecule has 2 aromatic carbocycles. The van der Waals surface area contributed by atoms with Crippen molar-refractivity contribution in [1.82, 2.24) is 19.8 Å². The molecule has 2 heterocycles. The molecule has 4 aromatic rings. The lowest BCUT2D eigenvalue weighted by molar-refractivity contribution is -0.152. The van der Waals surface area contributed by atoms with E-state index in [1.165, 1.54) is 18.2 Å². The molecule has 0 radical (unpaired) electrons. The Labute approximate surface area is 261 Å². The Balaban J connectivity index is 1.71. The number of hydrogen-bond acceptors (Lipinski definition) is 7. The number of sulfonamides is 1. The fourth-order valence-corrected chi connectivity index (χ4v) is 6.39. The predicted molar refractivity (Wildman–Crippen MR) is 169 cm³/mol. The molecule has 0 aliphatic carbocycles. The highest BCUT2D eigenvalue weighted by molar-refractivity contribution is 7.92. The first-order valence-electron chi connectivity index (χ1n) is 13.4. The van der Waals surface area contributed by atoms with E-state index in [0.717, 1.165) is 4.31 Å². The van der Waals surface area contributed by atoms with Gasteiger partial charge in [0.2, 0.25) is 0 Å². The summed E-state index contributed by atoms with van der Waals surface area (Å²) >= 11 is 12.2. The highest BCUT2D eigenvalue weighted by Gasteiger charge is 2.30. The Morgan fingerprint density at radius 2 is 1.70 bits per heavy atom. The summed E-state index contributed by atoms with van der Waals surface area (Å²) in [7, 11) is -0.449. The van der Waals surface area contributed by atoms with Crippen LogP contribution in [0.3, 0.4) is 0 Å². The zero-order valence-corrected chi connectivity index (χ0v) is 26.8. The quantitative estimate of drug-likeness (QED) is 0.237. The van der Waals surface area contributed by atoms with Gasteiger partial charge in [-0.2, -0.15) is 0 Å². The van der Waals surface area contributed by atoms with Crippen LogP contribution in [-0.2, 0) is 19.6 Å². The number of carbonyl (C=O) groups excluding carboxylic acids is 2. The molecule has 0 saturated heterocycles. The van der Waals surface area contributed by atoms with Crippen LogP contribution in [0.25, 0.3) is 16.7 Å². The van der Waals surface area contributed by atoms with Crippen molar-refractivity contribution in [2.24, 2.45) is 0 Å². The second-order valence-electron chi connectivity index (χ2n) is 11.1. The number of halogens is 2. The first-order valence-corrected chi connectivity index (χ1v) is 15.6. The van der Waals surface area contributed by atoms with Crippen molar-refractivity contribution in [1.29, 1.82) is 0 Å². The van der Waals surface area contributed by atoms with Gasteiger partial charge >= 0.3 is 5.97 Å². The lowest BCUT2D eigenvalue weighted by Crippen LogP contribution is -2.39. The molecule has 0 aliphatic rings. The van der Waals surface area contributed by atoms with E-state index in [1.54, 1.807) is 74.0 Å². The Kier molecular flexibility index (Phi) is 9.70. The molecule has 10 nitrogen and oxygen atoms in total. The summed E-state index contributed by atoms with van der Waals surface area (Å²) in [5.41, 5.74) is 0.387. The molecule has 0 spiro atoms. The van der Waals surface area contributed by atoms with E-state index < -0.39 is 28.1 Å². The number of carbonyl (C=O) groups is 2. The van der Waals surface area contributed by atoms with Crippen LogP contribution in [0.4, 0.5) is 5.69 Å². The predicted octanol–water partition coefficient (Wildman–Crippen LogP) is 5.16. The number of ether oxygens (including phenoxy) is 1. The van der Waals surface area contributed by atoms with Crippen LogP contribution in [0.2, 0.25) is 10.0 Å². The number of rotatable bonds is 10. The number of benzene rings is 2. The summed E-state index contributed by atoms with van der Waals surface area (Å²) in [6.45, 7) is 5.70. The van der Waals surface area contributed by atoms with Gasteiger partial charge in [0.15, 0.2) is 0 Å². The largest absolute Gasteiger partial charge is 0.459 e. The molecule has 1 amide bonds. The van der Waals surface area contributed by atoms with Crippen LogP contribution >= 0.6 is 23.2 Å². The molecule has 0 bridgehead atoms. The molecule has 0 unspecified atom stereocenters. The van der Waals surface area contributed by atoms with E-state index >= 15 is 0 Å². The second kappa shape index (κ2) is 12.9. The molecule has 0 atom stereocenters. The fraction of sp³-hybridized carbons (Fsp3) is 0.300. The molecule has 228 valence electrons. The number of esters is 1. The SMILES string of the molecule is CN(C)CCNC(=O)c1cccc(-n2ccc3cc(N(CC(=O)OC(C)(C)C)S(=O)(=O)c4cc(Cl)cc(Cl)c4)ccc32)n1. The number of amides is 1. The zero-order chi connectivity index (χ0) is 31.5. The number of hydrogen-bond donors (Lipinski definition) is 1. The Hall–Kier alpha value is -3.64. The maximum absolute atomic E-state index is 13.9. The van der Waals surface area contributed by atoms with Crippen molar-refractivity contribution in [3.05, 3.63) is 82.6 Å². The smallest absolute Gasteiger partial charge is 0.327 e. The van der Waals surface area contributed by atoms with E-state index in [9.17, 15) is 18.0 Å². The molecular formula is C30H33Cl2N5O5S. The minimum Gasteiger partial charge on any atom is -0.459 e. The van der Waals surface area contributed by atoms with Gasteiger partial charge in [0.1, 0.15) is 23.7 Å². The average Bonchev–Trinajstić information content (AvgIpc) is 3.33. The standard InChI is InChI=1S/C30H33Cl2N5O5S/c1-30(2,3)42-28(38)19-37(43(40,41)24-17-21(31)16-22(32)18-24)23-9-10-26-20(15-23)11-13-36(26)27-8-6-7-25(34-27)29(39)33-12-14-35(4)5/h6-11,13,15-18H,12,14,19H2,1-5H3,(H,33,39). The first kappa shape index (κ1) is 32.3. The molecule has 43 heavy (non-hydrogen) atoms. The van der Waals surface area contributed by atoms with E-state index in [4.69, 9.17) is 27.9 Å². The lowest BCUT2D eigenvalue weighted by Gasteiger charge is -2.26. The maximum atomic E-state index is 13.9. The van der Waals surface area contributed by atoms with Gasteiger partial charge in [-0.25, -0.2) is 13.4 Å². The van der Waals surface area contributed by atoms with Crippen LogP contribution in [0.1, 0.15) is 31.3 Å².